The molecule has 0 spiro atoms. The highest BCUT2D eigenvalue weighted by atomic mass is 19.4. The van der Waals surface area contributed by atoms with Gasteiger partial charge in [0.1, 0.15) is 5.52 Å². The van der Waals surface area contributed by atoms with Crippen LogP contribution in [0.5, 0.6) is 0 Å². The van der Waals surface area contributed by atoms with Gasteiger partial charge in [-0.15, -0.1) is 5.10 Å². The van der Waals surface area contributed by atoms with E-state index in [9.17, 15) is 13.2 Å². The van der Waals surface area contributed by atoms with Crippen molar-refractivity contribution < 1.29 is 13.2 Å². The first kappa shape index (κ1) is 19.9. The number of halogens is 3. The smallest absolute Gasteiger partial charge is 0.303 e. The van der Waals surface area contributed by atoms with E-state index in [4.69, 9.17) is 0 Å². The number of aromatic nitrogens is 3. The molecule has 1 unspecified atom stereocenters. The van der Waals surface area contributed by atoms with Gasteiger partial charge >= 0.3 is 6.18 Å². The molecule has 0 bridgehead atoms. The van der Waals surface area contributed by atoms with Crippen LogP contribution < -0.4 is 0 Å². The molecule has 2 heterocycles. The lowest BCUT2D eigenvalue weighted by atomic mass is 9.97. The summed E-state index contributed by atoms with van der Waals surface area (Å²) in [6.45, 7) is 5.25. The number of nitrogens with zero attached hydrogens (tertiary/aromatic N) is 4. The molecule has 1 atom stereocenters. The Labute approximate surface area is 168 Å². The molecule has 29 heavy (non-hydrogen) atoms. The number of alkyl halides is 3. The zero-order chi connectivity index (χ0) is 20.4. The van der Waals surface area contributed by atoms with Crippen molar-refractivity contribution in [2.24, 2.45) is 0 Å². The standard InChI is InChI=1S/C22H25F3N4/c1-16(17-5-3-2-4-6-17)9-12-28-13-10-19(11-14-28)29-21-8-7-18(22(23,24)25)15-20(21)26-27-29/h2-8,15-16,19H,9-14H2,1H3. The maximum atomic E-state index is 12.9. The molecule has 0 aliphatic carbocycles. The van der Waals surface area contributed by atoms with Crippen LogP contribution in [0, 0.1) is 0 Å². The third kappa shape index (κ3) is 4.45. The molecule has 7 heteroatoms. The second-order valence-corrected chi connectivity index (χ2v) is 7.91. The van der Waals surface area contributed by atoms with Crippen LogP contribution in [-0.2, 0) is 6.18 Å². The summed E-state index contributed by atoms with van der Waals surface area (Å²) >= 11 is 0. The number of piperidine rings is 1. The molecular formula is C22H25F3N4. The molecule has 1 saturated heterocycles. The molecule has 0 radical (unpaired) electrons. The molecule has 1 aliphatic rings. The Hall–Kier alpha value is -2.41. The quantitative estimate of drug-likeness (QED) is 0.582. The van der Waals surface area contributed by atoms with E-state index in [1.807, 2.05) is 6.07 Å². The molecule has 4 nitrogen and oxygen atoms in total. The van der Waals surface area contributed by atoms with Gasteiger partial charge in [0.25, 0.3) is 0 Å². The third-order valence-corrected chi connectivity index (χ3v) is 5.95. The minimum atomic E-state index is -4.36. The van der Waals surface area contributed by atoms with E-state index in [0.717, 1.165) is 51.0 Å². The summed E-state index contributed by atoms with van der Waals surface area (Å²) in [6.07, 6.45) is -1.39. The van der Waals surface area contributed by atoms with E-state index in [1.165, 1.54) is 11.6 Å². The second-order valence-electron chi connectivity index (χ2n) is 7.91. The van der Waals surface area contributed by atoms with Gasteiger partial charge in [-0.05, 0) is 55.5 Å². The van der Waals surface area contributed by atoms with Gasteiger partial charge in [-0.3, -0.25) is 0 Å². The SMILES string of the molecule is CC(CCN1CCC(n2nnc3cc(C(F)(F)F)ccc32)CC1)c1ccccc1. The Morgan fingerprint density at radius 2 is 1.79 bits per heavy atom. The summed E-state index contributed by atoms with van der Waals surface area (Å²) in [6, 6.07) is 14.4. The van der Waals surface area contributed by atoms with Crippen LogP contribution in [0.15, 0.2) is 48.5 Å². The lowest BCUT2D eigenvalue weighted by Crippen LogP contribution is -2.36. The summed E-state index contributed by atoms with van der Waals surface area (Å²) in [4.78, 5) is 2.47. The van der Waals surface area contributed by atoms with E-state index >= 15 is 0 Å². The molecule has 1 fully saturated rings. The number of fused-ring (bicyclic) bond motifs is 1. The first-order chi connectivity index (χ1) is 13.9. The molecule has 1 aromatic heterocycles. The summed E-state index contributed by atoms with van der Waals surface area (Å²) in [5.74, 6) is 0.524. The van der Waals surface area contributed by atoms with Crippen molar-refractivity contribution in [2.75, 3.05) is 19.6 Å². The highest BCUT2D eigenvalue weighted by Gasteiger charge is 2.31. The fourth-order valence-electron chi connectivity index (χ4n) is 4.10. The van der Waals surface area contributed by atoms with Crippen LogP contribution in [0.25, 0.3) is 11.0 Å². The van der Waals surface area contributed by atoms with Gasteiger partial charge in [-0.2, -0.15) is 13.2 Å². The topological polar surface area (TPSA) is 34.0 Å². The van der Waals surface area contributed by atoms with Gasteiger partial charge in [0, 0.05) is 13.1 Å². The summed E-state index contributed by atoms with van der Waals surface area (Å²) < 4.78 is 40.5. The van der Waals surface area contributed by atoms with Crippen LogP contribution in [0.3, 0.4) is 0 Å². The third-order valence-electron chi connectivity index (χ3n) is 5.95. The highest BCUT2D eigenvalue weighted by Crippen LogP contribution is 2.32. The van der Waals surface area contributed by atoms with Crippen molar-refractivity contribution in [3.63, 3.8) is 0 Å². The first-order valence-corrected chi connectivity index (χ1v) is 10.1. The van der Waals surface area contributed by atoms with Gasteiger partial charge in [0.15, 0.2) is 0 Å². The van der Waals surface area contributed by atoms with Crippen molar-refractivity contribution in [1.82, 2.24) is 19.9 Å². The maximum absolute atomic E-state index is 12.9. The minimum Gasteiger partial charge on any atom is -0.303 e. The molecule has 0 saturated carbocycles. The number of benzene rings is 2. The monoisotopic (exact) mass is 402 g/mol. The van der Waals surface area contributed by atoms with Crippen LogP contribution in [0.1, 0.15) is 49.3 Å². The van der Waals surface area contributed by atoms with Crippen LogP contribution in [0.4, 0.5) is 13.2 Å². The maximum Gasteiger partial charge on any atom is 0.416 e. The Morgan fingerprint density at radius 3 is 2.48 bits per heavy atom. The lowest BCUT2D eigenvalue weighted by molar-refractivity contribution is -0.137. The largest absolute Gasteiger partial charge is 0.416 e. The lowest BCUT2D eigenvalue weighted by Gasteiger charge is -2.32. The molecule has 4 rings (SSSR count). The van der Waals surface area contributed by atoms with Gasteiger partial charge < -0.3 is 4.90 Å². The van der Waals surface area contributed by atoms with E-state index in [1.54, 1.807) is 4.68 Å². The summed E-state index contributed by atoms with van der Waals surface area (Å²) in [5.41, 5.74) is 1.67. The molecule has 0 amide bonds. The van der Waals surface area contributed by atoms with Crippen LogP contribution in [-0.4, -0.2) is 39.5 Å². The Morgan fingerprint density at radius 1 is 1.07 bits per heavy atom. The fraction of sp³-hybridized carbons (Fsp3) is 0.455. The molecule has 3 aromatic rings. The summed E-state index contributed by atoms with van der Waals surface area (Å²) in [7, 11) is 0. The Balaban J connectivity index is 1.35. The molecule has 1 aliphatic heterocycles. The number of hydrogen-bond donors (Lipinski definition) is 0. The predicted octanol–water partition coefficient (Wildman–Crippen LogP) is 5.28. The van der Waals surface area contributed by atoms with Crippen molar-refractivity contribution in [1.29, 1.82) is 0 Å². The predicted molar refractivity (Wildman–Crippen MR) is 107 cm³/mol. The molecule has 154 valence electrons. The molecule has 2 aromatic carbocycles. The number of rotatable bonds is 5. The zero-order valence-electron chi connectivity index (χ0n) is 16.4. The van der Waals surface area contributed by atoms with E-state index in [2.05, 4.69) is 46.4 Å². The van der Waals surface area contributed by atoms with Crippen molar-refractivity contribution in [3.8, 4) is 0 Å². The minimum absolute atomic E-state index is 0.180. The van der Waals surface area contributed by atoms with Crippen molar-refractivity contribution in [2.45, 2.75) is 44.3 Å². The van der Waals surface area contributed by atoms with Gasteiger partial charge in [0.05, 0.1) is 17.1 Å². The van der Waals surface area contributed by atoms with Gasteiger partial charge in [-0.1, -0.05) is 42.5 Å². The van der Waals surface area contributed by atoms with E-state index < -0.39 is 11.7 Å². The molecular weight excluding hydrogens is 377 g/mol. The fourth-order valence-corrected chi connectivity index (χ4v) is 4.10. The first-order valence-electron chi connectivity index (χ1n) is 10.1. The number of likely N-dealkylation sites (tertiary alicyclic amines) is 1. The summed E-state index contributed by atoms with van der Waals surface area (Å²) in [5, 5.41) is 8.14. The van der Waals surface area contributed by atoms with E-state index in [-0.39, 0.29) is 6.04 Å². The average Bonchev–Trinajstić information content (AvgIpc) is 3.16. The second kappa shape index (κ2) is 8.14. The van der Waals surface area contributed by atoms with Crippen LogP contribution in [0.2, 0.25) is 0 Å². The van der Waals surface area contributed by atoms with Crippen molar-refractivity contribution in [3.05, 3.63) is 59.7 Å². The normalized spacial score (nSPS) is 17.7. The van der Waals surface area contributed by atoms with E-state index in [0.29, 0.717) is 17.0 Å². The molecule has 0 N–H and O–H groups in total. The van der Waals surface area contributed by atoms with Crippen LogP contribution >= 0.6 is 0 Å². The Bertz CT molecular complexity index is 944. The zero-order valence-corrected chi connectivity index (χ0v) is 16.4. The average molecular weight is 402 g/mol. The highest BCUT2D eigenvalue weighted by molar-refractivity contribution is 5.75. The Kier molecular flexibility index (Phi) is 5.58. The number of hydrogen-bond acceptors (Lipinski definition) is 3. The van der Waals surface area contributed by atoms with Crippen molar-refractivity contribution >= 4 is 11.0 Å². The van der Waals surface area contributed by atoms with Gasteiger partial charge in [0.2, 0.25) is 0 Å². The van der Waals surface area contributed by atoms with Gasteiger partial charge in [-0.25, -0.2) is 4.68 Å².